The molecule has 4 nitrogen and oxygen atoms in total. The Morgan fingerprint density at radius 3 is 2.71 bits per heavy atom. The monoisotopic (exact) mass is 278 g/mol. The van der Waals surface area contributed by atoms with Gasteiger partial charge in [0, 0.05) is 6.54 Å². The SMILES string of the molecule is CCCCCCCCNC1(Cl)N=CN=C(Cl)N1. The largest absolute Gasteiger partial charge is 0.311 e. The van der Waals surface area contributed by atoms with Gasteiger partial charge in [-0.05, 0) is 18.0 Å². The molecule has 2 N–H and O–H groups in total. The van der Waals surface area contributed by atoms with Gasteiger partial charge in [-0.15, -0.1) is 0 Å². The lowest BCUT2D eigenvalue weighted by atomic mass is 10.1. The molecule has 1 heterocycles. The van der Waals surface area contributed by atoms with Crippen LogP contribution in [0.4, 0.5) is 0 Å². The average molecular weight is 279 g/mol. The maximum absolute atomic E-state index is 6.15. The Morgan fingerprint density at radius 2 is 2.00 bits per heavy atom. The summed E-state index contributed by atoms with van der Waals surface area (Å²) in [5.74, 6) is 0. The van der Waals surface area contributed by atoms with Crippen LogP contribution in [0.3, 0.4) is 0 Å². The van der Waals surface area contributed by atoms with E-state index in [0.29, 0.717) is 0 Å². The first-order chi connectivity index (χ1) is 8.16. The second-order valence-corrected chi connectivity index (χ2v) is 5.01. The summed E-state index contributed by atoms with van der Waals surface area (Å²) in [5.41, 5.74) is 0. The molecule has 1 atom stereocenters. The van der Waals surface area contributed by atoms with Gasteiger partial charge in [0.05, 0.1) is 0 Å². The van der Waals surface area contributed by atoms with Gasteiger partial charge in [0.25, 0.3) is 5.25 Å². The molecule has 0 saturated carbocycles. The number of hydrogen-bond acceptors (Lipinski definition) is 4. The molecule has 0 aromatic rings. The Morgan fingerprint density at radius 1 is 1.29 bits per heavy atom. The number of nitrogens with zero attached hydrogens (tertiary/aromatic N) is 2. The van der Waals surface area contributed by atoms with Crippen LogP contribution in [0.2, 0.25) is 0 Å². The van der Waals surface area contributed by atoms with Crippen LogP contribution in [0.1, 0.15) is 45.4 Å². The van der Waals surface area contributed by atoms with E-state index in [1.54, 1.807) is 0 Å². The first kappa shape index (κ1) is 14.7. The van der Waals surface area contributed by atoms with Crippen molar-refractivity contribution in [1.82, 2.24) is 10.6 Å². The van der Waals surface area contributed by atoms with Gasteiger partial charge in [0.2, 0.25) is 5.29 Å². The first-order valence-electron chi connectivity index (χ1n) is 6.15. The fourth-order valence-electron chi connectivity index (χ4n) is 1.61. The predicted molar refractivity (Wildman–Crippen MR) is 74.9 cm³/mol. The van der Waals surface area contributed by atoms with E-state index in [2.05, 4.69) is 27.5 Å². The van der Waals surface area contributed by atoms with Crippen molar-refractivity contribution in [2.75, 3.05) is 6.54 Å². The molecule has 0 aromatic carbocycles. The minimum atomic E-state index is -1.03. The van der Waals surface area contributed by atoms with Crippen LogP contribution in [0.15, 0.2) is 9.98 Å². The smallest absolute Gasteiger partial charge is 0.268 e. The summed E-state index contributed by atoms with van der Waals surface area (Å²) in [6.45, 7) is 3.03. The number of aliphatic imine (C=N–C) groups is 2. The molecule has 0 radical (unpaired) electrons. The van der Waals surface area contributed by atoms with Gasteiger partial charge in [0.1, 0.15) is 6.34 Å². The normalized spacial score (nSPS) is 23.4. The average Bonchev–Trinajstić information content (AvgIpc) is 2.27. The lowest BCUT2D eigenvalue weighted by Crippen LogP contribution is -2.53. The summed E-state index contributed by atoms with van der Waals surface area (Å²) in [7, 11) is 0. The van der Waals surface area contributed by atoms with Gasteiger partial charge in [0.15, 0.2) is 0 Å². The van der Waals surface area contributed by atoms with Crippen molar-refractivity contribution in [3.8, 4) is 0 Å². The minimum absolute atomic E-state index is 0.255. The van der Waals surface area contributed by atoms with Gasteiger partial charge in [-0.25, -0.2) is 9.98 Å². The molecule has 17 heavy (non-hydrogen) atoms. The summed E-state index contributed by atoms with van der Waals surface area (Å²) in [4.78, 5) is 7.76. The Hall–Kier alpha value is -0.320. The third-order valence-electron chi connectivity index (χ3n) is 2.57. The summed E-state index contributed by atoms with van der Waals surface area (Å²) >= 11 is 11.9. The zero-order valence-electron chi connectivity index (χ0n) is 10.2. The molecule has 0 saturated heterocycles. The number of halogens is 2. The highest BCUT2D eigenvalue weighted by Gasteiger charge is 2.27. The van der Waals surface area contributed by atoms with Gasteiger partial charge in [-0.3, -0.25) is 5.32 Å². The van der Waals surface area contributed by atoms with Gasteiger partial charge in [-0.1, -0.05) is 50.6 Å². The number of rotatable bonds is 8. The predicted octanol–water partition coefficient (Wildman–Crippen LogP) is 3.01. The molecular weight excluding hydrogens is 259 g/mol. The summed E-state index contributed by atoms with van der Waals surface area (Å²) in [5, 5.41) is 5.12. The third kappa shape index (κ3) is 6.24. The molecule has 0 amide bonds. The van der Waals surface area contributed by atoms with E-state index in [1.807, 2.05) is 0 Å². The zero-order chi connectivity index (χ0) is 12.6. The second-order valence-electron chi connectivity index (χ2n) is 4.11. The van der Waals surface area contributed by atoms with E-state index in [0.717, 1.165) is 13.0 Å². The lowest BCUT2D eigenvalue weighted by molar-refractivity contribution is 0.431. The summed E-state index contributed by atoms with van der Waals surface area (Å²) in [6.07, 6.45) is 8.86. The van der Waals surface area contributed by atoms with Crippen molar-refractivity contribution in [3.63, 3.8) is 0 Å². The molecule has 0 bridgehead atoms. The highest BCUT2D eigenvalue weighted by atomic mass is 35.5. The van der Waals surface area contributed by atoms with Crippen LogP contribution >= 0.6 is 23.2 Å². The van der Waals surface area contributed by atoms with Gasteiger partial charge < -0.3 is 5.32 Å². The van der Waals surface area contributed by atoms with E-state index in [1.165, 1.54) is 38.4 Å². The molecular formula is C11H20Cl2N4. The molecule has 1 aliphatic rings. The van der Waals surface area contributed by atoms with E-state index in [9.17, 15) is 0 Å². The van der Waals surface area contributed by atoms with Crippen LogP contribution in [-0.4, -0.2) is 23.4 Å². The molecule has 98 valence electrons. The highest BCUT2D eigenvalue weighted by Crippen LogP contribution is 2.13. The lowest BCUT2D eigenvalue weighted by Gasteiger charge is -2.26. The Balaban J connectivity index is 2.06. The van der Waals surface area contributed by atoms with Crippen LogP contribution in [-0.2, 0) is 0 Å². The van der Waals surface area contributed by atoms with E-state index in [-0.39, 0.29) is 5.29 Å². The van der Waals surface area contributed by atoms with Crippen molar-refractivity contribution in [2.24, 2.45) is 9.98 Å². The van der Waals surface area contributed by atoms with Crippen molar-refractivity contribution >= 4 is 34.8 Å². The summed E-state index contributed by atoms with van der Waals surface area (Å²) in [6, 6.07) is 0. The van der Waals surface area contributed by atoms with Crippen molar-refractivity contribution in [1.29, 1.82) is 0 Å². The fraction of sp³-hybridized carbons (Fsp3) is 0.818. The molecule has 0 aromatic heterocycles. The zero-order valence-corrected chi connectivity index (χ0v) is 11.7. The van der Waals surface area contributed by atoms with Gasteiger partial charge in [-0.2, -0.15) is 0 Å². The topological polar surface area (TPSA) is 48.8 Å². The van der Waals surface area contributed by atoms with Crippen LogP contribution in [0.5, 0.6) is 0 Å². The molecule has 0 fully saturated rings. The molecule has 1 rings (SSSR count). The molecule has 1 unspecified atom stereocenters. The maximum Gasteiger partial charge on any atom is 0.268 e. The number of unbranched alkanes of at least 4 members (excludes halogenated alkanes) is 5. The molecule has 0 spiro atoms. The summed E-state index contributed by atoms with van der Waals surface area (Å²) < 4.78 is 0. The number of nitrogens with one attached hydrogen (secondary N) is 2. The number of amidine groups is 1. The van der Waals surface area contributed by atoms with E-state index in [4.69, 9.17) is 23.2 Å². The molecule has 1 aliphatic heterocycles. The van der Waals surface area contributed by atoms with Crippen LogP contribution in [0, 0.1) is 0 Å². The Kier molecular flexibility index (Phi) is 6.85. The third-order valence-corrected chi connectivity index (χ3v) is 3.08. The second kappa shape index (κ2) is 7.90. The van der Waals surface area contributed by atoms with Crippen LogP contribution < -0.4 is 10.6 Å². The van der Waals surface area contributed by atoms with E-state index < -0.39 is 5.25 Å². The standard InChI is InChI=1S/C11H20Cl2N4/c1-2-3-4-5-6-7-8-15-11(13)16-9-14-10(12)17-11/h9,15H,2-8H2,1H3,(H,14,16,17). The Bertz CT molecular complexity index is 281. The van der Waals surface area contributed by atoms with Crippen LogP contribution in [0.25, 0.3) is 0 Å². The van der Waals surface area contributed by atoms with Gasteiger partial charge >= 0.3 is 0 Å². The molecule has 6 heteroatoms. The van der Waals surface area contributed by atoms with Crippen molar-refractivity contribution in [3.05, 3.63) is 0 Å². The maximum atomic E-state index is 6.15. The first-order valence-corrected chi connectivity index (χ1v) is 6.91. The minimum Gasteiger partial charge on any atom is -0.311 e. The highest BCUT2D eigenvalue weighted by molar-refractivity contribution is 6.65. The fourth-order valence-corrected chi connectivity index (χ4v) is 2.07. The quantitative estimate of drug-likeness (QED) is 0.407. The van der Waals surface area contributed by atoms with Crippen molar-refractivity contribution < 1.29 is 0 Å². The van der Waals surface area contributed by atoms with E-state index >= 15 is 0 Å². The van der Waals surface area contributed by atoms with Crippen molar-refractivity contribution in [2.45, 2.75) is 50.7 Å². The molecule has 0 aliphatic carbocycles. The number of hydrogen-bond donors (Lipinski definition) is 2. The number of alkyl halides is 1. The Labute approximate surface area is 113 Å².